The van der Waals surface area contributed by atoms with E-state index >= 15 is 0 Å². The third kappa shape index (κ3) is 3.86. The monoisotopic (exact) mass is 271 g/mol. The van der Waals surface area contributed by atoms with Crippen LogP contribution in [0.25, 0.3) is 0 Å². The highest BCUT2D eigenvalue weighted by atomic mass is 28.4. The summed E-state index contributed by atoms with van der Waals surface area (Å²) >= 11 is 0. The van der Waals surface area contributed by atoms with Gasteiger partial charge in [-0.2, -0.15) is 4.39 Å². The van der Waals surface area contributed by atoms with Crippen molar-refractivity contribution in [2.24, 2.45) is 0 Å². The van der Waals surface area contributed by atoms with Crippen molar-refractivity contribution >= 4 is 8.32 Å². The Morgan fingerprint density at radius 3 is 2.44 bits per heavy atom. The number of hydrogen-bond acceptors (Lipinski definition) is 3. The van der Waals surface area contributed by atoms with Crippen LogP contribution in [0.3, 0.4) is 0 Å². The Kier molecular flexibility index (Phi) is 4.64. The molecule has 0 saturated heterocycles. The molecule has 102 valence electrons. The minimum atomic E-state index is -1.87. The van der Waals surface area contributed by atoms with Crippen LogP contribution in [0.4, 0.5) is 4.39 Å². The lowest BCUT2D eigenvalue weighted by atomic mass is 10.2. The van der Waals surface area contributed by atoms with E-state index < -0.39 is 20.4 Å². The van der Waals surface area contributed by atoms with Gasteiger partial charge < -0.3 is 9.53 Å². The van der Waals surface area contributed by atoms with Crippen LogP contribution in [0.15, 0.2) is 18.3 Å². The first-order valence-corrected chi connectivity index (χ1v) is 8.98. The minimum absolute atomic E-state index is 0.105. The van der Waals surface area contributed by atoms with Gasteiger partial charge in [0.15, 0.2) is 8.32 Å². The van der Waals surface area contributed by atoms with Crippen molar-refractivity contribution in [1.29, 1.82) is 0 Å². The summed E-state index contributed by atoms with van der Waals surface area (Å²) in [5.74, 6) is -0.545. The van der Waals surface area contributed by atoms with Crippen LogP contribution in [0, 0.1) is 5.95 Å². The highest BCUT2D eigenvalue weighted by Crippen LogP contribution is 2.37. The molecule has 1 atom stereocenters. The van der Waals surface area contributed by atoms with Gasteiger partial charge >= 0.3 is 0 Å². The second kappa shape index (κ2) is 5.46. The Morgan fingerprint density at radius 2 is 2.00 bits per heavy atom. The summed E-state index contributed by atoms with van der Waals surface area (Å²) in [5, 5.41) is 10.1. The van der Waals surface area contributed by atoms with Gasteiger partial charge in [-0.1, -0.05) is 26.8 Å². The maximum absolute atomic E-state index is 12.7. The molecule has 0 aliphatic rings. The highest BCUT2D eigenvalue weighted by Gasteiger charge is 2.37. The Labute approximate surface area is 109 Å². The van der Waals surface area contributed by atoms with Gasteiger partial charge in [-0.3, -0.25) is 0 Å². The zero-order valence-electron chi connectivity index (χ0n) is 11.7. The molecular weight excluding hydrogens is 249 g/mol. The Balaban J connectivity index is 2.61. The summed E-state index contributed by atoms with van der Waals surface area (Å²) in [6, 6.07) is 2.77. The average molecular weight is 271 g/mol. The fourth-order valence-corrected chi connectivity index (χ4v) is 2.19. The summed E-state index contributed by atoms with van der Waals surface area (Å²) in [6.07, 6.45) is 0.585. The summed E-state index contributed by atoms with van der Waals surface area (Å²) in [4.78, 5) is 3.52. The molecule has 0 saturated carbocycles. The summed E-state index contributed by atoms with van der Waals surface area (Å²) in [5.41, 5.74) is 0.579. The van der Waals surface area contributed by atoms with E-state index in [1.807, 2.05) is 0 Å². The van der Waals surface area contributed by atoms with Crippen molar-refractivity contribution in [1.82, 2.24) is 4.98 Å². The SMILES string of the molecule is CC(C)(C)[Si](C)(C)OCC(O)c1ccc(F)nc1. The third-order valence-electron chi connectivity index (χ3n) is 3.54. The number of hydrogen-bond donors (Lipinski definition) is 1. The topological polar surface area (TPSA) is 42.4 Å². The first kappa shape index (κ1) is 15.3. The van der Waals surface area contributed by atoms with Crippen LogP contribution in [0.5, 0.6) is 0 Å². The van der Waals surface area contributed by atoms with Gasteiger partial charge in [-0.15, -0.1) is 0 Å². The summed E-state index contributed by atoms with van der Waals surface area (Å²) in [7, 11) is -1.87. The zero-order chi connectivity index (χ0) is 14.0. The molecule has 0 aromatic carbocycles. The highest BCUT2D eigenvalue weighted by molar-refractivity contribution is 6.74. The van der Waals surface area contributed by atoms with E-state index in [1.165, 1.54) is 18.3 Å². The molecule has 0 aliphatic carbocycles. The van der Waals surface area contributed by atoms with E-state index in [9.17, 15) is 9.50 Å². The number of pyridine rings is 1. The van der Waals surface area contributed by atoms with Gasteiger partial charge in [0.1, 0.15) is 6.10 Å². The summed E-state index contributed by atoms with van der Waals surface area (Å²) < 4.78 is 18.6. The van der Waals surface area contributed by atoms with Crippen LogP contribution < -0.4 is 0 Å². The molecule has 0 spiro atoms. The number of nitrogens with zero attached hydrogens (tertiary/aromatic N) is 1. The van der Waals surface area contributed by atoms with Crippen LogP contribution in [-0.2, 0) is 4.43 Å². The van der Waals surface area contributed by atoms with Gasteiger partial charge in [0.05, 0.1) is 6.61 Å². The normalized spacial score (nSPS) is 14.6. The van der Waals surface area contributed by atoms with E-state index in [1.54, 1.807) is 0 Å². The lowest BCUT2D eigenvalue weighted by molar-refractivity contribution is 0.0999. The molecule has 0 aliphatic heterocycles. The van der Waals surface area contributed by atoms with Crippen LogP contribution in [0.1, 0.15) is 32.4 Å². The molecule has 1 rings (SSSR count). The van der Waals surface area contributed by atoms with E-state index in [4.69, 9.17) is 4.43 Å². The molecule has 0 radical (unpaired) electrons. The molecule has 18 heavy (non-hydrogen) atoms. The molecule has 1 unspecified atom stereocenters. The zero-order valence-corrected chi connectivity index (χ0v) is 12.7. The van der Waals surface area contributed by atoms with Crippen molar-refractivity contribution in [3.63, 3.8) is 0 Å². The molecule has 1 aromatic heterocycles. The largest absolute Gasteiger partial charge is 0.414 e. The molecular formula is C13H22FNO2Si. The van der Waals surface area contributed by atoms with E-state index in [-0.39, 0.29) is 11.6 Å². The molecule has 1 aromatic rings. The second-order valence-corrected chi connectivity index (χ2v) is 10.8. The van der Waals surface area contributed by atoms with Crippen molar-refractivity contribution in [3.8, 4) is 0 Å². The maximum Gasteiger partial charge on any atom is 0.212 e. The second-order valence-electron chi connectivity index (χ2n) is 6.00. The van der Waals surface area contributed by atoms with Crippen LogP contribution >= 0.6 is 0 Å². The molecule has 5 heteroatoms. The number of aliphatic hydroxyl groups excluding tert-OH is 1. The van der Waals surface area contributed by atoms with Crippen molar-refractivity contribution in [3.05, 3.63) is 29.8 Å². The maximum atomic E-state index is 12.7. The first-order valence-electron chi connectivity index (χ1n) is 6.07. The number of aromatic nitrogens is 1. The Bertz CT molecular complexity index is 387. The fraction of sp³-hybridized carbons (Fsp3) is 0.615. The van der Waals surface area contributed by atoms with Gasteiger partial charge in [-0.05, 0) is 24.2 Å². The molecule has 3 nitrogen and oxygen atoms in total. The minimum Gasteiger partial charge on any atom is -0.414 e. The predicted octanol–water partition coefficient (Wildman–Crippen LogP) is 3.28. The predicted molar refractivity (Wildman–Crippen MR) is 72.3 cm³/mol. The van der Waals surface area contributed by atoms with E-state index in [0.29, 0.717) is 5.56 Å². The molecule has 0 bridgehead atoms. The number of halogens is 1. The molecule has 0 amide bonds. The standard InChI is InChI=1S/C13H22FNO2Si/c1-13(2,3)18(4,5)17-9-11(16)10-6-7-12(14)15-8-10/h6-8,11,16H,9H2,1-5H3. The lowest BCUT2D eigenvalue weighted by Crippen LogP contribution is -2.41. The Morgan fingerprint density at radius 1 is 1.39 bits per heavy atom. The summed E-state index contributed by atoms with van der Waals surface area (Å²) in [6.45, 7) is 10.9. The number of rotatable bonds is 4. The van der Waals surface area contributed by atoms with E-state index in [0.717, 1.165) is 0 Å². The van der Waals surface area contributed by atoms with Gasteiger partial charge in [-0.25, -0.2) is 4.98 Å². The van der Waals surface area contributed by atoms with Gasteiger partial charge in [0.2, 0.25) is 5.95 Å². The molecule has 1 N–H and O–H groups in total. The third-order valence-corrected chi connectivity index (χ3v) is 8.04. The number of aliphatic hydroxyl groups is 1. The van der Waals surface area contributed by atoms with Crippen LogP contribution in [0.2, 0.25) is 18.1 Å². The van der Waals surface area contributed by atoms with Crippen molar-refractivity contribution < 1.29 is 13.9 Å². The molecule has 1 heterocycles. The first-order chi connectivity index (χ1) is 8.13. The Hall–Kier alpha value is -0.783. The smallest absolute Gasteiger partial charge is 0.212 e. The van der Waals surface area contributed by atoms with Crippen LogP contribution in [-0.4, -0.2) is 25.0 Å². The van der Waals surface area contributed by atoms with Crippen molar-refractivity contribution in [2.45, 2.75) is 45.0 Å². The van der Waals surface area contributed by atoms with Crippen molar-refractivity contribution in [2.75, 3.05) is 6.61 Å². The fourth-order valence-electron chi connectivity index (χ4n) is 1.18. The lowest BCUT2D eigenvalue weighted by Gasteiger charge is -2.36. The van der Waals surface area contributed by atoms with Gasteiger partial charge in [0, 0.05) is 11.8 Å². The van der Waals surface area contributed by atoms with Gasteiger partial charge in [0.25, 0.3) is 0 Å². The molecule has 0 fully saturated rings. The quantitative estimate of drug-likeness (QED) is 0.675. The van der Waals surface area contributed by atoms with E-state index in [2.05, 4.69) is 38.8 Å². The average Bonchev–Trinajstić information content (AvgIpc) is 2.25.